The van der Waals surface area contributed by atoms with Crippen molar-refractivity contribution in [3.8, 4) is 0 Å². The number of carbonyl (C=O) groups is 1. The molecule has 0 spiro atoms. The van der Waals surface area contributed by atoms with Gasteiger partial charge in [-0.3, -0.25) is 0 Å². The first-order valence-corrected chi connectivity index (χ1v) is 6.92. The summed E-state index contributed by atoms with van der Waals surface area (Å²) in [7, 11) is -2.31. The standard InChI is InChI=1S/C11H15NO3S/c1-3-16(15,4-2)12-10-8-6-5-7-9(10)11(13)14/h5-8H,3-4H2,1-2H3,(H,13,14). The van der Waals surface area contributed by atoms with Gasteiger partial charge in [0, 0.05) is 11.5 Å². The predicted molar refractivity (Wildman–Crippen MR) is 64.7 cm³/mol. The van der Waals surface area contributed by atoms with E-state index < -0.39 is 15.7 Å². The predicted octanol–water partition coefficient (Wildman–Crippen LogP) is 2.52. The molecule has 16 heavy (non-hydrogen) atoms. The number of aromatic carboxylic acids is 1. The van der Waals surface area contributed by atoms with Crippen molar-refractivity contribution in [3.05, 3.63) is 29.8 Å². The Morgan fingerprint density at radius 2 is 1.88 bits per heavy atom. The Morgan fingerprint density at radius 1 is 1.31 bits per heavy atom. The molecule has 5 heteroatoms. The molecule has 0 aliphatic carbocycles. The van der Waals surface area contributed by atoms with E-state index in [0.717, 1.165) is 0 Å². The zero-order valence-electron chi connectivity index (χ0n) is 9.34. The van der Waals surface area contributed by atoms with Crippen molar-refractivity contribution in [2.24, 2.45) is 4.36 Å². The summed E-state index contributed by atoms with van der Waals surface area (Å²) in [5.41, 5.74) is 0.390. The van der Waals surface area contributed by atoms with Crippen molar-refractivity contribution in [2.75, 3.05) is 11.5 Å². The van der Waals surface area contributed by atoms with Crippen LogP contribution < -0.4 is 0 Å². The number of carboxylic acids is 1. The van der Waals surface area contributed by atoms with E-state index in [2.05, 4.69) is 4.36 Å². The SMILES string of the molecule is CCS(=O)(CC)=Nc1ccccc1C(=O)O. The Kier molecular flexibility index (Phi) is 4.06. The Balaban J connectivity index is 3.35. The van der Waals surface area contributed by atoms with Crippen molar-refractivity contribution in [1.29, 1.82) is 0 Å². The Hall–Kier alpha value is -1.36. The van der Waals surface area contributed by atoms with E-state index in [4.69, 9.17) is 5.11 Å². The van der Waals surface area contributed by atoms with Gasteiger partial charge < -0.3 is 5.11 Å². The number of nitrogens with zero attached hydrogens (tertiary/aromatic N) is 1. The minimum atomic E-state index is -2.31. The Morgan fingerprint density at radius 3 is 2.38 bits per heavy atom. The molecule has 1 rings (SSSR count). The minimum absolute atomic E-state index is 0.0946. The van der Waals surface area contributed by atoms with Crippen LogP contribution in [-0.2, 0) is 9.73 Å². The monoisotopic (exact) mass is 241 g/mol. The van der Waals surface area contributed by atoms with E-state index in [-0.39, 0.29) is 5.56 Å². The zero-order chi connectivity index (χ0) is 12.2. The van der Waals surface area contributed by atoms with Crippen LogP contribution in [0.2, 0.25) is 0 Å². The first-order chi connectivity index (χ1) is 7.52. The topological polar surface area (TPSA) is 66.7 Å². The summed E-state index contributed by atoms with van der Waals surface area (Å²) in [5, 5.41) is 8.96. The molecule has 0 aromatic heterocycles. The maximum Gasteiger partial charge on any atom is 0.337 e. The summed E-state index contributed by atoms with van der Waals surface area (Å²) in [6.07, 6.45) is 0. The molecule has 0 aliphatic heterocycles. The lowest BCUT2D eigenvalue weighted by Gasteiger charge is -2.05. The number of rotatable bonds is 4. The van der Waals surface area contributed by atoms with Crippen LogP contribution >= 0.6 is 0 Å². The van der Waals surface area contributed by atoms with Crippen LogP contribution in [0.1, 0.15) is 24.2 Å². The lowest BCUT2D eigenvalue weighted by atomic mass is 10.2. The van der Waals surface area contributed by atoms with Gasteiger partial charge in [0.05, 0.1) is 21.0 Å². The first-order valence-electron chi connectivity index (χ1n) is 5.07. The lowest BCUT2D eigenvalue weighted by Crippen LogP contribution is -2.06. The van der Waals surface area contributed by atoms with Gasteiger partial charge in [-0.1, -0.05) is 26.0 Å². The van der Waals surface area contributed by atoms with E-state index in [1.807, 2.05) is 0 Å². The summed E-state index contributed by atoms with van der Waals surface area (Å²) >= 11 is 0. The third kappa shape index (κ3) is 2.82. The maximum atomic E-state index is 12.1. The van der Waals surface area contributed by atoms with Gasteiger partial charge in [0.25, 0.3) is 0 Å². The molecular formula is C11H15NO3S. The molecule has 0 aliphatic rings. The highest BCUT2D eigenvalue weighted by Gasteiger charge is 2.10. The average molecular weight is 241 g/mol. The van der Waals surface area contributed by atoms with Crippen LogP contribution in [0, 0.1) is 0 Å². The number of carboxylic acid groups (broad SMARTS) is 1. The second-order valence-corrected chi connectivity index (χ2v) is 6.15. The van der Waals surface area contributed by atoms with E-state index in [0.29, 0.717) is 17.2 Å². The molecule has 88 valence electrons. The quantitative estimate of drug-likeness (QED) is 0.880. The van der Waals surface area contributed by atoms with Gasteiger partial charge in [-0.05, 0) is 12.1 Å². The van der Waals surface area contributed by atoms with E-state index in [1.165, 1.54) is 6.07 Å². The molecule has 0 amide bonds. The second kappa shape index (κ2) is 5.12. The van der Waals surface area contributed by atoms with Gasteiger partial charge in [-0.2, -0.15) is 4.36 Å². The van der Waals surface area contributed by atoms with Gasteiger partial charge >= 0.3 is 5.97 Å². The highest BCUT2D eigenvalue weighted by Crippen LogP contribution is 2.21. The molecule has 0 atom stereocenters. The molecule has 0 saturated heterocycles. The smallest absolute Gasteiger partial charge is 0.337 e. The molecule has 0 heterocycles. The lowest BCUT2D eigenvalue weighted by molar-refractivity contribution is 0.0698. The first kappa shape index (κ1) is 12.7. The zero-order valence-corrected chi connectivity index (χ0v) is 10.2. The molecule has 0 unspecified atom stereocenters. The summed E-state index contributed by atoms with van der Waals surface area (Å²) in [4.78, 5) is 10.9. The molecule has 1 aromatic rings. The molecule has 4 nitrogen and oxygen atoms in total. The van der Waals surface area contributed by atoms with Crippen LogP contribution in [0.3, 0.4) is 0 Å². The summed E-state index contributed by atoms with van der Waals surface area (Å²) < 4.78 is 16.2. The Labute approximate surface area is 95.5 Å². The number of benzene rings is 1. The average Bonchev–Trinajstić information content (AvgIpc) is 2.29. The highest BCUT2D eigenvalue weighted by molar-refractivity contribution is 7.93. The summed E-state index contributed by atoms with van der Waals surface area (Å²) in [5.74, 6) is -0.192. The van der Waals surface area contributed by atoms with Gasteiger partial charge in [0.2, 0.25) is 0 Å². The molecule has 0 bridgehead atoms. The fourth-order valence-corrected chi connectivity index (χ4v) is 2.43. The molecule has 0 fully saturated rings. The van der Waals surface area contributed by atoms with E-state index in [1.54, 1.807) is 32.0 Å². The largest absolute Gasteiger partial charge is 0.478 e. The van der Waals surface area contributed by atoms with Crippen molar-refractivity contribution in [1.82, 2.24) is 0 Å². The Bertz CT molecular complexity index is 492. The third-order valence-electron chi connectivity index (χ3n) is 2.30. The van der Waals surface area contributed by atoms with Crippen molar-refractivity contribution < 1.29 is 14.1 Å². The van der Waals surface area contributed by atoms with E-state index in [9.17, 15) is 9.00 Å². The summed E-state index contributed by atoms with van der Waals surface area (Å²) in [6.45, 7) is 3.58. The molecule has 0 saturated carbocycles. The van der Waals surface area contributed by atoms with Crippen LogP contribution in [0.4, 0.5) is 5.69 Å². The van der Waals surface area contributed by atoms with Gasteiger partial charge in [0.1, 0.15) is 0 Å². The molecule has 0 radical (unpaired) electrons. The van der Waals surface area contributed by atoms with Crippen molar-refractivity contribution in [2.45, 2.75) is 13.8 Å². The van der Waals surface area contributed by atoms with E-state index >= 15 is 0 Å². The van der Waals surface area contributed by atoms with Gasteiger partial charge in [-0.15, -0.1) is 0 Å². The van der Waals surface area contributed by atoms with Crippen LogP contribution in [0.15, 0.2) is 28.6 Å². The maximum absolute atomic E-state index is 12.1. The second-order valence-electron chi connectivity index (χ2n) is 3.26. The van der Waals surface area contributed by atoms with Gasteiger partial charge in [0.15, 0.2) is 0 Å². The van der Waals surface area contributed by atoms with Crippen LogP contribution in [0.5, 0.6) is 0 Å². The normalized spacial score (nSPS) is 11.1. The number of hydrogen-bond acceptors (Lipinski definition) is 3. The van der Waals surface area contributed by atoms with Gasteiger partial charge in [-0.25, -0.2) is 9.00 Å². The minimum Gasteiger partial charge on any atom is -0.478 e. The van der Waals surface area contributed by atoms with Crippen LogP contribution in [0.25, 0.3) is 0 Å². The van der Waals surface area contributed by atoms with Crippen LogP contribution in [-0.4, -0.2) is 26.8 Å². The fourth-order valence-electron chi connectivity index (χ4n) is 1.25. The third-order valence-corrected chi connectivity index (χ3v) is 4.64. The van der Waals surface area contributed by atoms with Crippen molar-refractivity contribution >= 4 is 21.4 Å². The number of hydrogen-bond donors (Lipinski definition) is 1. The molecular weight excluding hydrogens is 226 g/mol. The highest BCUT2D eigenvalue weighted by atomic mass is 32.2. The fraction of sp³-hybridized carbons (Fsp3) is 0.364. The molecule has 1 aromatic carbocycles. The molecule has 1 N–H and O–H groups in total. The summed E-state index contributed by atoms with van der Waals surface area (Å²) in [6, 6.07) is 6.36. The van der Waals surface area contributed by atoms with Crippen molar-refractivity contribution in [3.63, 3.8) is 0 Å².